The molecule has 0 spiro atoms. The third-order valence-electron chi connectivity index (χ3n) is 2.86. The maximum absolute atomic E-state index is 11.8. The molecular formula is C11H22N4O2S. The van der Waals surface area contributed by atoms with Crippen LogP contribution in [0.3, 0.4) is 0 Å². The summed E-state index contributed by atoms with van der Waals surface area (Å²) < 4.78 is 25.2. The first kappa shape index (κ1) is 14.8. The van der Waals surface area contributed by atoms with Crippen LogP contribution >= 0.6 is 0 Å². The van der Waals surface area contributed by atoms with Gasteiger partial charge in [0.1, 0.15) is 5.82 Å². The van der Waals surface area contributed by atoms with Crippen molar-refractivity contribution in [3.05, 3.63) is 0 Å². The highest BCUT2D eigenvalue weighted by Gasteiger charge is 2.25. The molecule has 0 aliphatic carbocycles. The summed E-state index contributed by atoms with van der Waals surface area (Å²) in [4.78, 5) is 1.93. The Morgan fingerprint density at radius 3 is 2.44 bits per heavy atom. The van der Waals surface area contributed by atoms with E-state index in [0.29, 0.717) is 18.9 Å². The topological polar surface area (TPSA) is 81.2 Å². The summed E-state index contributed by atoms with van der Waals surface area (Å²) >= 11 is 0. The molecule has 0 saturated heterocycles. The maximum atomic E-state index is 11.8. The number of nitrogen functional groups attached to an aromatic ring is 1. The molecule has 104 valence electrons. The summed E-state index contributed by atoms with van der Waals surface area (Å²) in [6.45, 7) is 5.32. The lowest BCUT2D eigenvalue weighted by Gasteiger charge is -2.14. The van der Waals surface area contributed by atoms with Gasteiger partial charge in [0, 0.05) is 26.4 Å². The van der Waals surface area contributed by atoms with Crippen LogP contribution in [0.1, 0.15) is 26.7 Å². The van der Waals surface area contributed by atoms with Gasteiger partial charge in [-0.25, -0.2) is 13.1 Å². The number of nitrogens with zero attached hydrogens (tertiary/aromatic N) is 3. The van der Waals surface area contributed by atoms with Gasteiger partial charge in [-0.1, -0.05) is 13.3 Å². The summed E-state index contributed by atoms with van der Waals surface area (Å²) in [5.41, 5.74) is 5.92. The Hall–Kier alpha value is -1.24. The predicted octanol–water partition coefficient (Wildman–Crippen LogP) is 1.12. The van der Waals surface area contributed by atoms with Gasteiger partial charge in [0.2, 0.25) is 0 Å². The lowest BCUT2D eigenvalue weighted by Crippen LogP contribution is -2.19. The smallest absolute Gasteiger partial charge is 0.182 e. The zero-order chi connectivity index (χ0) is 13.9. The fourth-order valence-electron chi connectivity index (χ4n) is 1.68. The number of hydrogen-bond acceptors (Lipinski definition) is 5. The minimum absolute atomic E-state index is 0.142. The fraction of sp³-hybridized carbons (Fsp3) is 0.727. The highest BCUT2D eigenvalue weighted by Crippen LogP contribution is 2.29. The Balaban J connectivity index is 3.32. The van der Waals surface area contributed by atoms with Gasteiger partial charge in [0.25, 0.3) is 0 Å². The van der Waals surface area contributed by atoms with Gasteiger partial charge in [-0.05, 0) is 13.3 Å². The van der Waals surface area contributed by atoms with Crippen LogP contribution in [-0.2, 0) is 16.4 Å². The number of hydrogen-bond donors (Lipinski definition) is 1. The largest absolute Gasteiger partial charge is 0.383 e. The van der Waals surface area contributed by atoms with Crippen molar-refractivity contribution in [2.75, 3.05) is 30.5 Å². The van der Waals surface area contributed by atoms with Crippen molar-refractivity contribution in [1.82, 2.24) is 9.78 Å². The van der Waals surface area contributed by atoms with Crippen molar-refractivity contribution in [3.8, 4) is 0 Å². The van der Waals surface area contributed by atoms with Crippen LogP contribution in [0, 0.1) is 0 Å². The molecule has 1 aromatic heterocycles. The molecule has 0 aromatic carbocycles. The number of nitrogens with two attached hydrogens (primary N) is 1. The molecule has 2 N–H and O–H groups in total. The quantitative estimate of drug-likeness (QED) is 0.841. The SMILES string of the molecule is CCCCn1nc(N(C)CC)c(S(C)(=O)=O)c1N. The van der Waals surface area contributed by atoms with Crippen LogP contribution in [0.15, 0.2) is 4.90 Å². The van der Waals surface area contributed by atoms with Crippen LogP contribution < -0.4 is 10.6 Å². The van der Waals surface area contributed by atoms with Crippen LogP contribution in [0.25, 0.3) is 0 Å². The number of unbranched alkanes of at least 4 members (excludes halogenated alkanes) is 1. The molecule has 0 fully saturated rings. The normalized spacial score (nSPS) is 11.8. The van der Waals surface area contributed by atoms with Crippen molar-refractivity contribution in [2.45, 2.75) is 38.1 Å². The molecule has 1 rings (SSSR count). The van der Waals surface area contributed by atoms with E-state index in [4.69, 9.17) is 5.73 Å². The van der Waals surface area contributed by atoms with Gasteiger partial charge < -0.3 is 10.6 Å². The van der Waals surface area contributed by atoms with Crippen molar-refractivity contribution in [3.63, 3.8) is 0 Å². The van der Waals surface area contributed by atoms with Crippen LogP contribution in [0.5, 0.6) is 0 Å². The van der Waals surface area contributed by atoms with Crippen molar-refractivity contribution in [2.24, 2.45) is 0 Å². The van der Waals surface area contributed by atoms with Gasteiger partial charge >= 0.3 is 0 Å². The molecule has 0 saturated carbocycles. The summed E-state index contributed by atoms with van der Waals surface area (Å²) in [6.07, 6.45) is 3.09. The molecule has 0 amide bonds. The van der Waals surface area contributed by atoms with E-state index in [-0.39, 0.29) is 10.7 Å². The van der Waals surface area contributed by atoms with Crippen LogP contribution in [0.2, 0.25) is 0 Å². The molecule has 0 aliphatic heterocycles. The Morgan fingerprint density at radius 1 is 1.39 bits per heavy atom. The fourth-order valence-corrected chi connectivity index (χ4v) is 2.69. The van der Waals surface area contributed by atoms with Gasteiger partial charge in [0.05, 0.1) is 0 Å². The van der Waals surface area contributed by atoms with Crippen LogP contribution in [-0.4, -0.2) is 38.0 Å². The average Bonchev–Trinajstić information content (AvgIpc) is 2.62. The molecule has 6 nitrogen and oxygen atoms in total. The lowest BCUT2D eigenvalue weighted by atomic mass is 10.3. The second-order valence-corrected chi connectivity index (χ2v) is 6.35. The molecule has 0 bridgehead atoms. The van der Waals surface area contributed by atoms with Crippen molar-refractivity contribution < 1.29 is 8.42 Å². The van der Waals surface area contributed by atoms with E-state index < -0.39 is 9.84 Å². The first-order valence-electron chi connectivity index (χ1n) is 6.10. The highest BCUT2D eigenvalue weighted by molar-refractivity contribution is 7.91. The minimum Gasteiger partial charge on any atom is -0.383 e. The van der Waals surface area contributed by atoms with E-state index in [1.54, 1.807) is 16.6 Å². The van der Waals surface area contributed by atoms with Gasteiger partial charge in [-0.2, -0.15) is 5.10 Å². The summed E-state index contributed by atoms with van der Waals surface area (Å²) in [5.74, 6) is 0.676. The Morgan fingerprint density at radius 2 is 2.00 bits per heavy atom. The highest BCUT2D eigenvalue weighted by atomic mass is 32.2. The van der Waals surface area contributed by atoms with E-state index >= 15 is 0 Å². The van der Waals surface area contributed by atoms with E-state index in [0.717, 1.165) is 19.1 Å². The minimum atomic E-state index is -3.37. The van der Waals surface area contributed by atoms with Crippen LogP contribution in [0.4, 0.5) is 11.6 Å². The zero-order valence-corrected chi connectivity index (χ0v) is 12.3. The molecule has 7 heteroatoms. The number of anilines is 2. The monoisotopic (exact) mass is 274 g/mol. The number of rotatable bonds is 6. The van der Waals surface area contributed by atoms with Crippen molar-refractivity contribution >= 4 is 21.5 Å². The third-order valence-corrected chi connectivity index (χ3v) is 3.99. The molecule has 0 atom stereocenters. The molecule has 1 aromatic rings. The Labute approximate surface area is 109 Å². The molecule has 0 aliphatic rings. The Bertz CT molecular complexity index is 507. The zero-order valence-electron chi connectivity index (χ0n) is 11.5. The molecule has 1 heterocycles. The second-order valence-electron chi connectivity index (χ2n) is 4.40. The van der Waals surface area contributed by atoms with E-state index in [1.807, 2.05) is 6.92 Å². The van der Waals surface area contributed by atoms with Gasteiger partial charge in [-0.15, -0.1) is 0 Å². The van der Waals surface area contributed by atoms with Crippen molar-refractivity contribution in [1.29, 1.82) is 0 Å². The van der Waals surface area contributed by atoms with E-state index in [9.17, 15) is 8.42 Å². The summed E-state index contributed by atoms with van der Waals surface area (Å²) in [6, 6.07) is 0. The van der Waals surface area contributed by atoms with E-state index in [1.165, 1.54) is 0 Å². The first-order valence-corrected chi connectivity index (χ1v) is 7.99. The molecule has 18 heavy (non-hydrogen) atoms. The van der Waals surface area contributed by atoms with Gasteiger partial charge in [0.15, 0.2) is 20.6 Å². The summed E-state index contributed by atoms with van der Waals surface area (Å²) in [7, 11) is -1.57. The molecule has 0 radical (unpaired) electrons. The lowest BCUT2D eigenvalue weighted by molar-refractivity contribution is 0.577. The average molecular weight is 274 g/mol. The second kappa shape index (κ2) is 5.60. The van der Waals surface area contributed by atoms with Gasteiger partial charge in [-0.3, -0.25) is 0 Å². The molecular weight excluding hydrogens is 252 g/mol. The predicted molar refractivity (Wildman–Crippen MR) is 73.6 cm³/mol. The number of sulfone groups is 1. The Kier molecular flexibility index (Phi) is 4.61. The summed E-state index contributed by atoms with van der Waals surface area (Å²) in [5, 5.41) is 4.32. The number of aromatic nitrogens is 2. The molecule has 0 unspecified atom stereocenters. The standard InChI is InChI=1S/C11H22N4O2S/c1-5-7-8-15-10(12)9(18(4,16)17)11(13-15)14(3)6-2/h5-8,12H2,1-4H3. The number of aryl methyl sites for hydroxylation is 1. The first-order chi connectivity index (χ1) is 8.32. The van der Waals surface area contributed by atoms with E-state index in [2.05, 4.69) is 12.0 Å². The third kappa shape index (κ3) is 2.95. The maximum Gasteiger partial charge on any atom is 0.182 e.